The fraction of sp³-hybridized carbons (Fsp3) is 0.400. The van der Waals surface area contributed by atoms with Crippen molar-refractivity contribution in [3.63, 3.8) is 0 Å². The number of anilines is 1. The Hall–Kier alpha value is -3.48. The van der Waals surface area contributed by atoms with Crippen molar-refractivity contribution < 1.29 is 29.0 Å². The van der Waals surface area contributed by atoms with Crippen LogP contribution in [0, 0.1) is 0 Å². The van der Waals surface area contributed by atoms with Crippen molar-refractivity contribution in [2.45, 2.75) is 48.7 Å². The molecular formula is C35H42IN3O6. The number of amides is 2. The molecule has 3 aromatic carbocycles. The number of fused-ring (bicyclic) bond motifs is 1. The van der Waals surface area contributed by atoms with Crippen molar-refractivity contribution in [1.82, 2.24) is 9.80 Å². The summed E-state index contributed by atoms with van der Waals surface area (Å²) in [5.74, 6) is 0.176. The third kappa shape index (κ3) is 8.83. The second-order valence-corrected chi connectivity index (χ2v) is 18.7. The number of aliphatic hydroxyl groups is 1. The quantitative estimate of drug-likeness (QED) is 0.0783. The van der Waals surface area contributed by atoms with E-state index in [-0.39, 0.29) is 34.4 Å². The molecule has 5 rings (SSSR count). The van der Waals surface area contributed by atoms with Crippen LogP contribution in [0.25, 0.3) is 11.1 Å². The van der Waals surface area contributed by atoms with Crippen molar-refractivity contribution in [1.29, 1.82) is 0 Å². The Kier molecular flexibility index (Phi) is 11.1. The van der Waals surface area contributed by atoms with Crippen LogP contribution in [-0.2, 0) is 20.9 Å². The summed E-state index contributed by atoms with van der Waals surface area (Å²) >= 11 is -1.40. The van der Waals surface area contributed by atoms with Gasteiger partial charge in [0, 0.05) is 0 Å². The van der Waals surface area contributed by atoms with E-state index in [0.29, 0.717) is 25.1 Å². The summed E-state index contributed by atoms with van der Waals surface area (Å²) in [7, 11) is 1.78. The molecular weight excluding hydrogens is 685 g/mol. The zero-order valence-electron chi connectivity index (χ0n) is 25.9. The van der Waals surface area contributed by atoms with E-state index in [0.717, 1.165) is 50.9 Å². The van der Waals surface area contributed by atoms with Crippen LogP contribution in [0.5, 0.6) is 5.75 Å². The Labute approximate surface area is 272 Å². The molecule has 0 radical (unpaired) electrons. The molecule has 0 aromatic heterocycles. The molecule has 2 atom stereocenters. The van der Waals surface area contributed by atoms with Gasteiger partial charge in [0.1, 0.15) is 0 Å². The van der Waals surface area contributed by atoms with Gasteiger partial charge in [-0.15, -0.1) is 0 Å². The fourth-order valence-electron chi connectivity index (χ4n) is 5.93. The van der Waals surface area contributed by atoms with Gasteiger partial charge < -0.3 is 5.11 Å². The molecule has 2 heterocycles. The second-order valence-electron chi connectivity index (χ2n) is 11.9. The van der Waals surface area contributed by atoms with Gasteiger partial charge in [-0.25, -0.2) is 0 Å². The fourth-order valence-corrected chi connectivity index (χ4v) is 13.6. The Morgan fingerprint density at radius 2 is 1.76 bits per heavy atom. The molecule has 2 saturated heterocycles. The third-order valence-corrected chi connectivity index (χ3v) is 16.6. The summed E-state index contributed by atoms with van der Waals surface area (Å²) in [5.41, 5.74) is 3.49. The predicted molar refractivity (Wildman–Crippen MR) is 184 cm³/mol. The van der Waals surface area contributed by atoms with Crippen molar-refractivity contribution in [2.24, 2.45) is 0 Å². The van der Waals surface area contributed by atoms with Gasteiger partial charge in [-0.3, -0.25) is 0 Å². The first-order valence-corrected chi connectivity index (χ1v) is 19.5. The Morgan fingerprint density at radius 1 is 1.02 bits per heavy atom. The van der Waals surface area contributed by atoms with Crippen molar-refractivity contribution in [2.75, 3.05) is 41.0 Å². The van der Waals surface area contributed by atoms with Crippen LogP contribution in [0.3, 0.4) is 0 Å². The molecule has 2 fully saturated rings. The second kappa shape index (κ2) is 15.2. The van der Waals surface area contributed by atoms with Crippen LogP contribution in [0.4, 0.5) is 10.5 Å². The SMILES string of the molecule is CN(CCCC(=O)Oc1ccc(CO)cc1)C(=O)CCN1CI2C[C@H](OC(=O)Nc3ccccc3-c3ccccc3)C[C@@]2(C)C1. The number of nitrogens with zero attached hydrogens (tertiary/aromatic N) is 2. The number of alkyl halides is 3. The molecule has 2 N–H and O–H groups in total. The van der Waals surface area contributed by atoms with E-state index in [4.69, 9.17) is 14.6 Å². The summed E-state index contributed by atoms with van der Waals surface area (Å²) in [6.45, 7) is 4.43. The molecule has 10 heteroatoms. The van der Waals surface area contributed by atoms with Crippen LogP contribution in [0.2, 0.25) is 0 Å². The molecule has 45 heavy (non-hydrogen) atoms. The Morgan fingerprint density at radius 3 is 2.49 bits per heavy atom. The number of hydrogen-bond donors (Lipinski definition) is 2. The van der Waals surface area contributed by atoms with Crippen molar-refractivity contribution in [3.05, 3.63) is 84.4 Å². The van der Waals surface area contributed by atoms with Gasteiger partial charge in [-0.1, -0.05) is 12.1 Å². The summed E-state index contributed by atoms with van der Waals surface area (Å²) in [5, 5.41) is 12.1. The number of carbonyl (C=O) groups is 3. The molecule has 3 aromatic rings. The minimum absolute atomic E-state index is 0.0592. The van der Waals surface area contributed by atoms with Crippen molar-refractivity contribution in [3.8, 4) is 16.9 Å². The van der Waals surface area contributed by atoms with E-state index in [1.807, 2.05) is 54.6 Å². The average Bonchev–Trinajstić information content (AvgIpc) is 3.50. The van der Waals surface area contributed by atoms with Crippen molar-refractivity contribution >= 4 is 43.5 Å². The molecule has 240 valence electrons. The molecule has 0 aliphatic carbocycles. The van der Waals surface area contributed by atoms with Gasteiger partial charge >= 0.3 is 232 Å². The number of benzene rings is 3. The number of aliphatic hydroxyl groups excluding tert-OH is 1. The maximum atomic E-state index is 12.9. The maximum absolute atomic E-state index is 12.9. The standard InChI is InChI=1S/C35H42IN3O6/c1-35-21-29(45-34(43)37-31-12-7-6-11-30(31)27-9-4-3-5-10-27)22-36(35)25-39(24-35)20-18-32(41)38(2)19-8-13-33(42)44-28-16-14-26(23-40)15-17-28/h3-7,9-12,14-17,29,40H,8,13,18-25H2,1-2H3,(H,37,43)/t29-,35+/m1/s1. The van der Waals surface area contributed by atoms with Crippen LogP contribution < -0.4 is 10.1 Å². The molecule has 0 unspecified atom stereocenters. The molecule has 0 spiro atoms. The number of para-hydroxylation sites is 1. The molecule has 0 bridgehead atoms. The Bertz CT molecular complexity index is 1470. The van der Waals surface area contributed by atoms with Crippen LogP contribution >= 0.6 is 19.8 Å². The molecule has 2 amide bonds. The van der Waals surface area contributed by atoms with E-state index >= 15 is 0 Å². The van der Waals surface area contributed by atoms with Gasteiger partial charge in [-0.05, 0) is 17.7 Å². The number of halogens is 1. The Balaban J connectivity index is 1.00. The van der Waals surface area contributed by atoms with E-state index in [1.165, 1.54) is 0 Å². The first-order valence-electron chi connectivity index (χ1n) is 15.3. The monoisotopic (exact) mass is 727 g/mol. The normalized spacial score (nSPS) is 20.0. The van der Waals surface area contributed by atoms with E-state index in [2.05, 4.69) is 17.1 Å². The third-order valence-electron chi connectivity index (χ3n) is 8.33. The number of rotatable bonds is 12. The van der Waals surface area contributed by atoms with Crippen LogP contribution in [0.15, 0.2) is 78.9 Å². The van der Waals surface area contributed by atoms with Gasteiger partial charge in [0.05, 0.1) is 6.61 Å². The first-order chi connectivity index (χ1) is 21.7. The minimum atomic E-state index is -1.40. The summed E-state index contributed by atoms with van der Waals surface area (Å²) in [6, 6.07) is 24.5. The average molecular weight is 728 g/mol. The zero-order chi connectivity index (χ0) is 31.8. The predicted octanol–water partition coefficient (Wildman–Crippen LogP) is 5.94. The molecule has 0 saturated carbocycles. The number of ether oxygens (including phenoxy) is 2. The number of carbonyl (C=O) groups excluding carboxylic acids is 3. The zero-order valence-corrected chi connectivity index (χ0v) is 28.1. The molecule has 2 aliphatic rings. The van der Waals surface area contributed by atoms with Gasteiger partial charge in [0.15, 0.2) is 0 Å². The van der Waals surface area contributed by atoms with E-state index < -0.39 is 25.9 Å². The van der Waals surface area contributed by atoms with Gasteiger partial charge in [-0.2, -0.15) is 0 Å². The van der Waals surface area contributed by atoms with E-state index in [1.54, 1.807) is 36.2 Å². The molecule has 9 nitrogen and oxygen atoms in total. The number of nitrogens with one attached hydrogen (secondary N) is 1. The summed E-state index contributed by atoms with van der Waals surface area (Å²) < 4.78 is 13.5. The number of esters is 1. The summed E-state index contributed by atoms with van der Waals surface area (Å²) in [4.78, 5) is 42.0. The van der Waals surface area contributed by atoms with Crippen LogP contribution in [0.1, 0.15) is 38.2 Å². The van der Waals surface area contributed by atoms with E-state index in [9.17, 15) is 14.4 Å². The topological polar surface area (TPSA) is 108 Å². The number of hydrogen-bond acceptors (Lipinski definition) is 7. The van der Waals surface area contributed by atoms with Gasteiger partial charge in [0.2, 0.25) is 0 Å². The summed E-state index contributed by atoms with van der Waals surface area (Å²) in [6.07, 6.45) is 1.60. The van der Waals surface area contributed by atoms with Crippen LogP contribution in [-0.4, -0.2) is 78.1 Å². The van der Waals surface area contributed by atoms with Gasteiger partial charge in [0.25, 0.3) is 0 Å². The first kappa shape index (κ1) is 32.9. The molecule has 2 aliphatic heterocycles.